The second-order valence-electron chi connectivity index (χ2n) is 6.40. The Morgan fingerprint density at radius 2 is 1.89 bits per heavy atom. The fourth-order valence-corrected chi connectivity index (χ4v) is 3.48. The van der Waals surface area contributed by atoms with Gasteiger partial charge in [-0.25, -0.2) is 0 Å². The number of thiocarbonyl (C=S) groups is 1. The Hall–Kier alpha value is -2.64. The number of carbonyl (C=O) groups excluding carboxylic acids is 2. The normalized spacial score (nSPS) is 16.5. The fourth-order valence-electron chi connectivity index (χ4n) is 3.02. The van der Waals surface area contributed by atoms with Crippen molar-refractivity contribution in [3.8, 4) is 5.75 Å². The number of methoxy groups -OCH3 is 1. The summed E-state index contributed by atoms with van der Waals surface area (Å²) < 4.78 is 5.17. The summed E-state index contributed by atoms with van der Waals surface area (Å²) in [5.74, 6) is 0.244. The molecule has 0 aliphatic carbocycles. The van der Waals surface area contributed by atoms with E-state index in [2.05, 4.69) is 5.32 Å². The number of hydrogen-bond acceptors (Lipinski definition) is 4. The summed E-state index contributed by atoms with van der Waals surface area (Å²) in [5.41, 5.74) is 1.47. The standard InChI is InChI=1S/C20H20ClN3O3S/c1-23-19(26)17(11-18(25)22-16-6-4-3-5-15(16)21)24(20(23)28)12-13-7-9-14(27-2)10-8-13/h3-10,17H,11-12H2,1-2H3,(H,22,25)/t17-/m0/s1. The van der Waals surface area contributed by atoms with Crippen LogP contribution in [0.15, 0.2) is 48.5 Å². The molecule has 1 aliphatic heterocycles. The number of para-hydroxylation sites is 1. The van der Waals surface area contributed by atoms with E-state index in [4.69, 9.17) is 28.6 Å². The van der Waals surface area contributed by atoms with E-state index >= 15 is 0 Å². The minimum atomic E-state index is -0.665. The largest absolute Gasteiger partial charge is 0.497 e. The zero-order chi connectivity index (χ0) is 20.3. The van der Waals surface area contributed by atoms with Gasteiger partial charge in [0, 0.05) is 13.6 Å². The lowest BCUT2D eigenvalue weighted by molar-refractivity contribution is -0.130. The Labute approximate surface area is 174 Å². The molecular weight excluding hydrogens is 398 g/mol. The van der Waals surface area contributed by atoms with Gasteiger partial charge < -0.3 is 15.0 Å². The highest BCUT2D eigenvalue weighted by molar-refractivity contribution is 7.80. The lowest BCUT2D eigenvalue weighted by Gasteiger charge is -2.23. The number of carbonyl (C=O) groups is 2. The zero-order valence-electron chi connectivity index (χ0n) is 15.5. The minimum Gasteiger partial charge on any atom is -0.497 e. The molecule has 0 unspecified atom stereocenters. The van der Waals surface area contributed by atoms with Gasteiger partial charge in [0.1, 0.15) is 11.8 Å². The van der Waals surface area contributed by atoms with Crippen molar-refractivity contribution in [1.82, 2.24) is 9.80 Å². The predicted molar refractivity (Wildman–Crippen MR) is 112 cm³/mol. The van der Waals surface area contributed by atoms with Gasteiger partial charge in [-0.15, -0.1) is 0 Å². The van der Waals surface area contributed by atoms with Crippen LogP contribution in [0.3, 0.4) is 0 Å². The lowest BCUT2D eigenvalue weighted by atomic mass is 10.1. The Balaban J connectivity index is 1.74. The molecule has 0 radical (unpaired) electrons. The van der Waals surface area contributed by atoms with E-state index in [-0.39, 0.29) is 18.2 Å². The number of rotatable bonds is 6. The van der Waals surface area contributed by atoms with Gasteiger partial charge in [0.25, 0.3) is 5.91 Å². The van der Waals surface area contributed by atoms with Gasteiger partial charge in [0.15, 0.2) is 5.11 Å². The quantitative estimate of drug-likeness (QED) is 0.730. The topological polar surface area (TPSA) is 61.9 Å². The predicted octanol–water partition coefficient (Wildman–Crippen LogP) is 3.30. The Morgan fingerprint density at radius 1 is 1.21 bits per heavy atom. The summed E-state index contributed by atoms with van der Waals surface area (Å²) in [4.78, 5) is 28.4. The second kappa shape index (κ2) is 8.58. The summed E-state index contributed by atoms with van der Waals surface area (Å²) in [6.45, 7) is 0.420. The first-order valence-electron chi connectivity index (χ1n) is 8.66. The number of halogens is 1. The van der Waals surface area contributed by atoms with Crippen molar-refractivity contribution >= 4 is 46.4 Å². The molecule has 8 heteroatoms. The molecule has 0 bridgehead atoms. The van der Waals surface area contributed by atoms with Crippen molar-refractivity contribution in [2.24, 2.45) is 0 Å². The van der Waals surface area contributed by atoms with Crippen LogP contribution in [0.1, 0.15) is 12.0 Å². The highest BCUT2D eigenvalue weighted by Gasteiger charge is 2.41. The molecular formula is C20H20ClN3O3S. The average molecular weight is 418 g/mol. The first-order chi connectivity index (χ1) is 13.4. The zero-order valence-corrected chi connectivity index (χ0v) is 17.1. The third kappa shape index (κ3) is 4.26. The Bertz CT molecular complexity index is 904. The molecule has 2 aromatic rings. The average Bonchev–Trinajstić information content (AvgIpc) is 2.88. The second-order valence-corrected chi connectivity index (χ2v) is 7.18. The molecule has 1 heterocycles. The fraction of sp³-hybridized carbons (Fsp3) is 0.250. The first kappa shape index (κ1) is 20.1. The Kier molecular flexibility index (Phi) is 6.16. The van der Waals surface area contributed by atoms with Crippen LogP contribution >= 0.6 is 23.8 Å². The maximum Gasteiger partial charge on any atom is 0.251 e. The molecule has 1 aliphatic rings. The summed E-state index contributed by atoms with van der Waals surface area (Å²) in [5, 5.41) is 3.60. The molecule has 1 N–H and O–H groups in total. The van der Waals surface area contributed by atoms with E-state index in [0.717, 1.165) is 11.3 Å². The monoisotopic (exact) mass is 417 g/mol. The molecule has 3 rings (SSSR count). The SMILES string of the molecule is COc1ccc(CN2C(=S)N(C)C(=O)[C@@H]2CC(=O)Nc2ccccc2Cl)cc1. The first-order valence-corrected chi connectivity index (χ1v) is 9.45. The van der Waals surface area contributed by atoms with Gasteiger partial charge in [0.2, 0.25) is 5.91 Å². The van der Waals surface area contributed by atoms with Crippen LogP contribution in [0.4, 0.5) is 5.69 Å². The number of amides is 2. The van der Waals surface area contributed by atoms with Crippen LogP contribution < -0.4 is 10.1 Å². The van der Waals surface area contributed by atoms with Crippen molar-refractivity contribution in [1.29, 1.82) is 0 Å². The highest BCUT2D eigenvalue weighted by Crippen LogP contribution is 2.25. The van der Waals surface area contributed by atoms with Crippen molar-refractivity contribution in [2.75, 3.05) is 19.5 Å². The number of ether oxygens (including phenoxy) is 1. The van der Waals surface area contributed by atoms with Crippen LogP contribution in [0.5, 0.6) is 5.75 Å². The van der Waals surface area contributed by atoms with Crippen LogP contribution in [-0.2, 0) is 16.1 Å². The van der Waals surface area contributed by atoms with E-state index in [1.165, 1.54) is 4.90 Å². The molecule has 2 amide bonds. The molecule has 0 spiro atoms. The Morgan fingerprint density at radius 3 is 2.54 bits per heavy atom. The van der Waals surface area contributed by atoms with E-state index in [1.807, 2.05) is 24.3 Å². The molecule has 0 saturated carbocycles. The maximum absolute atomic E-state index is 12.6. The lowest BCUT2D eigenvalue weighted by Crippen LogP contribution is -2.37. The number of nitrogens with one attached hydrogen (secondary N) is 1. The minimum absolute atomic E-state index is 0.0231. The van der Waals surface area contributed by atoms with Gasteiger partial charge in [0.05, 0.1) is 24.2 Å². The molecule has 146 valence electrons. The van der Waals surface area contributed by atoms with E-state index in [1.54, 1.807) is 43.3 Å². The third-order valence-corrected chi connectivity index (χ3v) is 5.40. The molecule has 1 saturated heterocycles. The number of benzene rings is 2. The van der Waals surface area contributed by atoms with E-state index in [0.29, 0.717) is 22.4 Å². The van der Waals surface area contributed by atoms with Gasteiger partial charge >= 0.3 is 0 Å². The van der Waals surface area contributed by atoms with Gasteiger partial charge in [-0.2, -0.15) is 0 Å². The highest BCUT2D eigenvalue weighted by atomic mass is 35.5. The molecule has 0 aromatic heterocycles. The molecule has 2 aromatic carbocycles. The summed E-state index contributed by atoms with van der Waals surface area (Å²) >= 11 is 11.5. The third-order valence-electron chi connectivity index (χ3n) is 4.56. The van der Waals surface area contributed by atoms with Crippen molar-refractivity contribution in [2.45, 2.75) is 19.0 Å². The smallest absolute Gasteiger partial charge is 0.251 e. The van der Waals surface area contributed by atoms with Crippen LogP contribution in [-0.4, -0.2) is 46.9 Å². The summed E-state index contributed by atoms with van der Waals surface area (Å²) in [6.07, 6.45) is -0.0231. The number of hydrogen-bond donors (Lipinski definition) is 1. The molecule has 1 fully saturated rings. The van der Waals surface area contributed by atoms with Crippen LogP contribution in [0, 0.1) is 0 Å². The van der Waals surface area contributed by atoms with Gasteiger partial charge in [-0.05, 0) is 42.0 Å². The van der Waals surface area contributed by atoms with Crippen molar-refractivity contribution < 1.29 is 14.3 Å². The molecule has 6 nitrogen and oxygen atoms in total. The van der Waals surface area contributed by atoms with Crippen molar-refractivity contribution in [3.05, 3.63) is 59.1 Å². The van der Waals surface area contributed by atoms with Gasteiger partial charge in [-0.3, -0.25) is 14.5 Å². The maximum atomic E-state index is 12.6. The number of nitrogens with zero attached hydrogens (tertiary/aromatic N) is 2. The van der Waals surface area contributed by atoms with E-state index in [9.17, 15) is 9.59 Å². The molecule has 28 heavy (non-hydrogen) atoms. The van der Waals surface area contributed by atoms with E-state index < -0.39 is 6.04 Å². The summed E-state index contributed by atoms with van der Waals surface area (Å²) in [6, 6.07) is 13.8. The van der Waals surface area contributed by atoms with Crippen LogP contribution in [0.2, 0.25) is 5.02 Å². The molecule has 1 atom stereocenters. The van der Waals surface area contributed by atoms with Crippen molar-refractivity contribution in [3.63, 3.8) is 0 Å². The van der Waals surface area contributed by atoms with Crippen LogP contribution in [0.25, 0.3) is 0 Å². The van der Waals surface area contributed by atoms with Gasteiger partial charge in [-0.1, -0.05) is 35.9 Å². The number of anilines is 1. The number of likely N-dealkylation sites (N-methyl/N-ethyl adjacent to an activating group) is 1. The summed E-state index contributed by atoms with van der Waals surface area (Å²) in [7, 11) is 3.23.